The normalized spacial score (nSPS) is 18.7. The first-order valence-corrected chi connectivity index (χ1v) is 12.2. The SMILES string of the molecule is O=C(CN(CC1CCCO1)C(=O)NC1CCCCC1)N(Cc1ccccc1)Cc1ccco1. The molecule has 1 atom stereocenters. The summed E-state index contributed by atoms with van der Waals surface area (Å²) >= 11 is 0. The number of nitrogens with one attached hydrogen (secondary N) is 1. The number of urea groups is 1. The Morgan fingerprint density at radius 2 is 1.73 bits per heavy atom. The first kappa shape index (κ1) is 23.4. The zero-order valence-electron chi connectivity index (χ0n) is 19.3. The first-order chi connectivity index (χ1) is 16.2. The number of carbonyl (C=O) groups is 2. The molecule has 2 heterocycles. The lowest BCUT2D eigenvalue weighted by Crippen LogP contribution is -2.51. The van der Waals surface area contributed by atoms with E-state index in [1.165, 1.54) is 6.42 Å². The molecule has 0 spiro atoms. The van der Waals surface area contributed by atoms with E-state index >= 15 is 0 Å². The zero-order chi connectivity index (χ0) is 22.9. The standard InChI is InChI=1S/C26H35N3O4/c30-25(28(18-23-13-7-15-32-23)17-21-9-3-1-4-10-21)20-29(19-24-14-8-16-33-24)26(31)27-22-11-5-2-6-12-22/h1,3-4,7,9-10,13,15,22,24H,2,5-6,8,11-12,14,16-20H2,(H,27,31). The molecule has 178 valence electrons. The fourth-order valence-corrected chi connectivity index (χ4v) is 4.66. The van der Waals surface area contributed by atoms with E-state index in [-0.39, 0.29) is 30.6 Å². The van der Waals surface area contributed by atoms with Gasteiger partial charge in [0.1, 0.15) is 12.3 Å². The third kappa shape index (κ3) is 7.09. The van der Waals surface area contributed by atoms with Crippen LogP contribution >= 0.6 is 0 Å². The summed E-state index contributed by atoms with van der Waals surface area (Å²) in [4.78, 5) is 30.1. The Morgan fingerprint density at radius 3 is 2.42 bits per heavy atom. The molecule has 2 fully saturated rings. The monoisotopic (exact) mass is 453 g/mol. The van der Waals surface area contributed by atoms with Crippen LogP contribution < -0.4 is 5.32 Å². The average molecular weight is 454 g/mol. The highest BCUT2D eigenvalue weighted by Gasteiger charge is 2.28. The van der Waals surface area contributed by atoms with Crippen molar-refractivity contribution in [1.82, 2.24) is 15.1 Å². The lowest BCUT2D eigenvalue weighted by molar-refractivity contribution is -0.133. The van der Waals surface area contributed by atoms with Gasteiger partial charge >= 0.3 is 6.03 Å². The van der Waals surface area contributed by atoms with Crippen molar-refractivity contribution >= 4 is 11.9 Å². The highest BCUT2D eigenvalue weighted by molar-refractivity contribution is 5.84. The Labute approximate surface area is 196 Å². The van der Waals surface area contributed by atoms with Gasteiger partial charge in [-0.05, 0) is 43.4 Å². The summed E-state index contributed by atoms with van der Waals surface area (Å²) in [6.07, 6.45) is 9.04. The Kier molecular flexibility index (Phi) is 8.41. The van der Waals surface area contributed by atoms with Gasteiger partial charge in [-0.15, -0.1) is 0 Å². The molecule has 1 saturated carbocycles. The number of amides is 3. The maximum absolute atomic E-state index is 13.5. The van der Waals surface area contributed by atoms with Gasteiger partial charge in [-0.3, -0.25) is 4.79 Å². The molecular formula is C26H35N3O4. The first-order valence-electron chi connectivity index (χ1n) is 12.2. The molecule has 1 saturated heterocycles. The number of carbonyl (C=O) groups excluding carboxylic acids is 2. The number of rotatable bonds is 9. The van der Waals surface area contributed by atoms with Crippen LogP contribution in [0, 0.1) is 0 Å². The summed E-state index contributed by atoms with van der Waals surface area (Å²) in [6, 6.07) is 13.6. The molecule has 1 aromatic heterocycles. The fraction of sp³-hybridized carbons (Fsp3) is 0.538. The number of furan rings is 1. The second-order valence-electron chi connectivity index (χ2n) is 9.11. The van der Waals surface area contributed by atoms with Crippen molar-refractivity contribution in [3.63, 3.8) is 0 Å². The van der Waals surface area contributed by atoms with Crippen molar-refractivity contribution in [2.24, 2.45) is 0 Å². The molecule has 2 aliphatic rings. The maximum atomic E-state index is 13.5. The molecule has 3 amide bonds. The molecule has 4 rings (SSSR count). The number of nitrogens with zero attached hydrogens (tertiary/aromatic N) is 2. The van der Waals surface area contributed by atoms with Crippen LogP contribution in [-0.2, 0) is 22.6 Å². The fourth-order valence-electron chi connectivity index (χ4n) is 4.66. The summed E-state index contributed by atoms with van der Waals surface area (Å²) in [6.45, 7) is 1.99. The quantitative estimate of drug-likeness (QED) is 0.613. The molecule has 7 nitrogen and oxygen atoms in total. The smallest absolute Gasteiger partial charge is 0.318 e. The molecule has 7 heteroatoms. The largest absolute Gasteiger partial charge is 0.467 e. The van der Waals surface area contributed by atoms with Crippen molar-refractivity contribution in [3.8, 4) is 0 Å². The van der Waals surface area contributed by atoms with Crippen LogP contribution in [-0.4, -0.2) is 53.6 Å². The number of benzene rings is 1. The van der Waals surface area contributed by atoms with Gasteiger partial charge < -0.3 is 24.3 Å². The number of ether oxygens (including phenoxy) is 1. The van der Waals surface area contributed by atoms with Crippen LogP contribution in [0.4, 0.5) is 4.79 Å². The van der Waals surface area contributed by atoms with Gasteiger partial charge in [-0.25, -0.2) is 4.79 Å². The van der Waals surface area contributed by atoms with Crippen LogP contribution in [0.2, 0.25) is 0 Å². The zero-order valence-corrected chi connectivity index (χ0v) is 19.3. The Morgan fingerprint density at radius 1 is 0.909 bits per heavy atom. The predicted octanol–water partition coefficient (Wildman–Crippen LogP) is 4.33. The maximum Gasteiger partial charge on any atom is 0.318 e. The van der Waals surface area contributed by atoms with Crippen LogP contribution in [0.15, 0.2) is 53.1 Å². The second-order valence-corrected chi connectivity index (χ2v) is 9.11. The second kappa shape index (κ2) is 11.9. The summed E-state index contributed by atoms with van der Waals surface area (Å²) in [5.41, 5.74) is 1.04. The van der Waals surface area contributed by atoms with E-state index in [9.17, 15) is 9.59 Å². The topological polar surface area (TPSA) is 75.0 Å². The minimum atomic E-state index is -0.164. The van der Waals surface area contributed by atoms with Gasteiger partial charge in [0.05, 0.1) is 18.9 Å². The van der Waals surface area contributed by atoms with Gasteiger partial charge in [0.2, 0.25) is 5.91 Å². The highest BCUT2D eigenvalue weighted by atomic mass is 16.5. The third-order valence-corrected chi connectivity index (χ3v) is 6.49. The molecule has 1 aliphatic carbocycles. The highest BCUT2D eigenvalue weighted by Crippen LogP contribution is 2.19. The summed E-state index contributed by atoms with van der Waals surface area (Å²) < 4.78 is 11.3. The Balaban J connectivity index is 1.45. The van der Waals surface area contributed by atoms with E-state index in [0.717, 1.165) is 56.5 Å². The minimum absolute atomic E-state index is 0.0115. The van der Waals surface area contributed by atoms with Crippen LogP contribution in [0.1, 0.15) is 56.3 Å². The van der Waals surface area contributed by atoms with E-state index in [2.05, 4.69) is 5.32 Å². The summed E-state index contributed by atoms with van der Waals surface area (Å²) in [5, 5.41) is 3.17. The van der Waals surface area contributed by atoms with Gasteiger partial charge in [0.25, 0.3) is 0 Å². The molecule has 1 unspecified atom stereocenters. The van der Waals surface area contributed by atoms with Crippen LogP contribution in [0.5, 0.6) is 0 Å². The van der Waals surface area contributed by atoms with Crippen LogP contribution in [0.25, 0.3) is 0 Å². The van der Waals surface area contributed by atoms with E-state index in [4.69, 9.17) is 9.15 Å². The van der Waals surface area contributed by atoms with Gasteiger partial charge in [-0.1, -0.05) is 49.6 Å². The predicted molar refractivity (Wildman–Crippen MR) is 125 cm³/mol. The molecule has 0 bridgehead atoms. The van der Waals surface area contributed by atoms with Crippen molar-refractivity contribution < 1.29 is 18.7 Å². The molecule has 2 aromatic rings. The molecule has 1 N–H and O–H groups in total. The van der Waals surface area contributed by atoms with Gasteiger partial charge in [0.15, 0.2) is 0 Å². The van der Waals surface area contributed by atoms with Gasteiger partial charge in [0, 0.05) is 25.7 Å². The summed E-state index contributed by atoms with van der Waals surface area (Å²) in [7, 11) is 0. The van der Waals surface area contributed by atoms with Crippen molar-refractivity contribution in [2.75, 3.05) is 19.7 Å². The van der Waals surface area contributed by atoms with E-state index in [1.54, 1.807) is 16.1 Å². The van der Waals surface area contributed by atoms with Crippen molar-refractivity contribution in [3.05, 3.63) is 60.1 Å². The van der Waals surface area contributed by atoms with Crippen molar-refractivity contribution in [2.45, 2.75) is 70.2 Å². The van der Waals surface area contributed by atoms with Crippen molar-refractivity contribution in [1.29, 1.82) is 0 Å². The molecule has 33 heavy (non-hydrogen) atoms. The average Bonchev–Trinajstić information content (AvgIpc) is 3.54. The molecule has 1 aliphatic heterocycles. The Bertz CT molecular complexity index is 859. The molecular weight excluding hydrogens is 418 g/mol. The summed E-state index contributed by atoms with van der Waals surface area (Å²) in [5.74, 6) is 0.614. The Hall–Kier alpha value is -2.80. The van der Waals surface area contributed by atoms with Gasteiger partial charge in [-0.2, -0.15) is 0 Å². The molecule has 1 aromatic carbocycles. The molecule has 0 radical (unpaired) electrons. The van der Waals surface area contributed by atoms with E-state index in [1.807, 2.05) is 42.5 Å². The minimum Gasteiger partial charge on any atom is -0.467 e. The van der Waals surface area contributed by atoms with E-state index in [0.29, 0.717) is 19.6 Å². The van der Waals surface area contributed by atoms with Crippen LogP contribution in [0.3, 0.4) is 0 Å². The lowest BCUT2D eigenvalue weighted by atomic mass is 9.96. The number of hydrogen-bond acceptors (Lipinski definition) is 4. The van der Waals surface area contributed by atoms with E-state index < -0.39 is 0 Å². The lowest BCUT2D eigenvalue weighted by Gasteiger charge is -2.31. The number of hydrogen-bond donors (Lipinski definition) is 1. The third-order valence-electron chi connectivity index (χ3n) is 6.49.